The summed E-state index contributed by atoms with van der Waals surface area (Å²) in [6, 6.07) is 4.49. The first kappa shape index (κ1) is 29.1. The number of benzene rings is 1. The molecule has 2 amide bonds. The molecule has 2 aromatic rings. The fourth-order valence-electron chi connectivity index (χ4n) is 3.91. The van der Waals surface area contributed by atoms with E-state index in [1.54, 1.807) is 66.2 Å². The van der Waals surface area contributed by atoms with Gasteiger partial charge >= 0.3 is 12.1 Å². The molecular weight excluding hydrogens is 514 g/mol. The predicted octanol–water partition coefficient (Wildman–Crippen LogP) is 1.70. The highest BCUT2D eigenvalue weighted by atomic mass is 32.2. The van der Waals surface area contributed by atoms with Gasteiger partial charge in [0.25, 0.3) is 0 Å². The summed E-state index contributed by atoms with van der Waals surface area (Å²) in [6.07, 6.45) is 3.00. The molecule has 1 saturated heterocycles. The number of esters is 1. The quantitative estimate of drug-likeness (QED) is 0.491. The molecule has 13 heteroatoms. The van der Waals surface area contributed by atoms with Gasteiger partial charge in [0, 0.05) is 40.3 Å². The lowest BCUT2D eigenvalue weighted by Gasteiger charge is -2.27. The minimum Gasteiger partial charge on any atom is -0.458 e. The van der Waals surface area contributed by atoms with Crippen LogP contribution in [0.2, 0.25) is 0 Å². The first-order valence-electron chi connectivity index (χ1n) is 12.2. The van der Waals surface area contributed by atoms with Gasteiger partial charge in [-0.15, -0.1) is 0 Å². The average Bonchev–Trinajstić information content (AvgIpc) is 3.48. The second kappa shape index (κ2) is 11.5. The van der Waals surface area contributed by atoms with Gasteiger partial charge in [-0.2, -0.15) is 9.40 Å². The molecule has 0 aliphatic carbocycles. The molecule has 0 spiro atoms. The Kier molecular flexibility index (Phi) is 8.82. The van der Waals surface area contributed by atoms with E-state index in [9.17, 15) is 22.8 Å². The second-order valence-electron chi connectivity index (χ2n) is 10.3. The van der Waals surface area contributed by atoms with Crippen LogP contribution in [0.1, 0.15) is 39.2 Å². The Bertz CT molecular complexity index is 1270. The summed E-state index contributed by atoms with van der Waals surface area (Å²) >= 11 is 0. The molecule has 3 rings (SSSR count). The van der Waals surface area contributed by atoms with Crippen molar-refractivity contribution in [2.45, 2.75) is 62.6 Å². The van der Waals surface area contributed by atoms with Crippen molar-refractivity contribution in [2.24, 2.45) is 7.05 Å². The Labute approximate surface area is 222 Å². The topological polar surface area (TPSA) is 140 Å². The molecule has 1 aliphatic rings. The Morgan fingerprint density at radius 2 is 1.84 bits per heavy atom. The van der Waals surface area contributed by atoms with Crippen molar-refractivity contribution in [3.63, 3.8) is 0 Å². The number of rotatable bonds is 8. The molecule has 0 unspecified atom stereocenters. The van der Waals surface area contributed by atoms with Crippen LogP contribution in [-0.2, 0) is 37.8 Å². The normalized spacial score (nSPS) is 17.1. The summed E-state index contributed by atoms with van der Waals surface area (Å²) in [5, 5.41) is 6.64. The number of hydrogen-bond donors (Lipinski definition) is 1. The summed E-state index contributed by atoms with van der Waals surface area (Å²) in [5.74, 6) is -0.900. The molecule has 2 atom stereocenters. The van der Waals surface area contributed by atoms with Crippen molar-refractivity contribution in [3.8, 4) is 5.75 Å². The van der Waals surface area contributed by atoms with Crippen LogP contribution in [0, 0.1) is 0 Å². The number of sulfonamides is 1. The first-order chi connectivity index (χ1) is 17.7. The summed E-state index contributed by atoms with van der Waals surface area (Å²) in [7, 11) is 0.795. The lowest BCUT2D eigenvalue weighted by atomic mass is 10.0. The number of amides is 2. The highest BCUT2D eigenvalue weighted by Gasteiger charge is 2.41. The molecule has 1 aliphatic heterocycles. The van der Waals surface area contributed by atoms with Gasteiger partial charge in [-0.25, -0.2) is 18.0 Å². The second-order valence-corrected chi connectivity index (χ2v) is 12.2. The van der Waals surface area contributed by atoms with Crippen LogP contribution in [0.15, 0.2) is 41.6 Å². The molecule has 0 radical (unpaired) electrons. The van der Waals surface area contributed by atoms with Crippen LogP contribution in [0.4, 0.5) is 4.79 Å². The van der Waals surface area contributed by atoms with Gasteiger partial charge in [-0.3, -0.25) is 9.48 Å². The first-order valence-corrected chi connectivity index (χ1v) is 13.6. The van der Waals surface area contributed by atoms with E-state index in [0.717, 1.165) is 4.31 Å². The molecule has 0 saturated carbocycles. The number of aromatic nitrogens is 2. The summed E-state index contributed by atoms with van der Waals surface area (Å²) in [6.45, 7) is 5.34. The van der Waals surface area contributed by atoms with Gasteiger partial charge in [0.2, 0.25) is 15.9 Å². The monoisotopic (exact) mass is 549 g/mol. The van der Waals surface area contributed by atoms with Crippen LogP contribution >= 0.6 is 0 Å². The maximum absolute atomic E-state index is 13.3. The minimum absolute atomic E-state index is 0.00144. The van der Waals surface area contributed by atoms with Crippen LogP contribution in [0.25, 0.3) is 0 Å². The Morgan fingerprint density at radius 3 is 2.39 bits per heavy atom. The zero-order valence-corrected chi connectivity index (χ0v) is 23.3. The van der Waals surface area contributed by atoms with Gasteiger partial charge in [-0.1, -0.05) is 12.1 Å². The number of hydrogen-bond acceptors (Lipinski definition) is 8. The largest absolute Gasteiger partial charge is 0.458 e. The zero-order valence-electron chi connectivity index (χ0n) is 22.5. The molecule has 1 aromatic carbocycles. The average molecular weight is 550 g/mol. The summed E-state index contributed by atoms with van der Waals surface area (Å²) in [4.78, 5) is 39.5. The van der Waals surface area contributed by atoms with E-state index >= 15 is 0 Å². The maximum Gasteiger partial charge on any atom is 0.414 e. The molecule has 2 heterocycles. The zero-order chi connectivity index (χ0) is 28.3. The van der Waals surface area contributed by atoms with E-state index in [4.69, 9.17) is 9.47 Å². The Hall–Kier alpha value is -3.45. The van der Waals surface area contributed by atoms with Crippen molar-refractivity contribution in [1.82, 2.24) is 24.3 Å². The SMILES string of the molecule is CN(C)C(=O)Oc1ccc(C[C@H](NC(=O)[C@@H]2CCCN2S(=O)(=O)c2cnn(C)c2)C(=O)OC(C)(C)C)cc1. The highest BCUT2D eigenvalue weighted by molar-refractivity contribution is 7.89. The van der Waals surface area contributed by atoms with E-state index < -0.39 is 45.7 Å². The number of aryl methyl sites for hydroxylation is 1. The standard InChI is InChI=1S/C25H35N5O7S/c1-25(2,3)37-23(32)20(14-17-9-11-18(12-10-17)36-24(33)28(4)5)27-22(31)21-8-7-13-30(21)38(34,35)19-15-26-29(6)16-19/h9-12,15-16,20-21H,7-8,13-14H2,1-6H3,(H,27,31)/t20-,21-/m0/s1. The van der Waals surface area contributed by atoms with Crippen molar-refractivity contribution in [3.05, 3.63) is 42.2 Å². The van der Waals surface area contributed by atoms with E-state index in [0.29, 0.717) is 24.2 Å². The van der Waals surface area contributed by atoms with Crippen LogP contribution < -0.4 is 10.1 Å². The molecule has 0 bridgehead atoms. The van der Waals surface area contributed by atoms with E-state index in [1.165, 1.54) is 22.0 Å². The molecule has 1 aromatic heterocycles. The molecular formula is C25H35N5O7S. The Morgan fingerprint density at radius 1 is 1.18 bits per heavy atom. The minimum atomic E-state index is -3.95. The number of nitrogens with one attached hydrogen (secondary N) is 1. The lowest BCUT2D eigenvalue weighted by Crippen LogP contribution is -2.52. The number of carbonyl (C=O) groups excluding carboxylic acids is 3. The number of nitrogens with zero attached hydrogens (tertiary/aromatic N) is 4. The van der Waals surface area contributed by atoms with E-state index in [1.807, 2.05) is 0 Å². The molecule has 1 N–H and O–H groups in total. The predicted molar refractivity (Wildman–Crippen MR) is 138 cm³/mol. The molecule has 12 nitrogen and oxygen atoms in total. The van der Waals surface area contributed by atoms with Gasteiger partial charge in [0.15, 0.2) is 0 Å². The van der Waals surface area contributed by atoms with Gasteiger partial charge in [0.1, 0.15) is 28.3 Å². The number of ether oxygens (including phenoxy) is 2. The van der Waals surface area contributed by atoms with Gasteiger partial charge < -0.3 is 19.7 Å². The highest BCUT2D eigenvalue weighted by Crippen LogP contribution is 2.26. The molecule has 1 fully saturated rings. The lowest BCUT2D eigenvalue weighted by molar-refractivity contribution is -0.158. The molecule has 208 valence electrons. The maximum atomic E-state index is 13.3. The van der Waals surface area contributed by atoms with Crippen molar-refractivity contribution >= 4 is 28.0 Å². The third kappa shape index (κ3) is 7.32. The van der Waals surface area contributed by atoms with Gasteiger partial charge in [-0.05, 0) is 51.3 Å². The van der Waals surface area contributed by atoms with Crippen molar-refractivity contribution < 1.29 is 32.3 Å². The van der Waals surface area contributed by atoms with Crippen LogP contribution in [0.5, 0.6) is 5.75 Å². The molecule has 38 heavy (non-hydrogen) atoms. The fourth-order valence-corrected chi connectivity index (χ4v) is 5.56. The third-order valence-electron chi connectivity index (χ3n) is 5.74. The smallest absolute Gasteiger partial charge is 0.414 e. The Balaban J connectivity index is 1.78. The van der Waals surface area contributed by atoms with Crippen LogP contribution in [0.3, 0.4) is 0 Å². The van der Waals surface area contributed by atoms with Crippen LogP contribution in [-0.4, -0.2) is 83.7 Å². The third-order valence-corrected chi connectivity index (χ3v) is 7.60. The van der Waals surface area contributed by atoms with Crippen molar-refractivity contribution in [2.75, 3.05) is 20.6 Å². The van der Waals surface area contributed by atoms with E-state index in [-0.39, 0.29) is 17.9 Å². The van der Waals surface area contributed by atoms with Crippen molar-refractivity contribution in [1.29, 1.82) is 0 Å². The van der Waals surface area contributed by atoms with Gasteiger partial charge in [0.05, 0.1) is 6.20 Å². The fraction of sp³-hybridized carbons (Fsp3) is 0.520. The number of carbonyl (C=O) groups is 3. The van der Waals surface area contributed by atoms with E-state index in [2.05, 4.69) is 10.4 Å². The summed E-state index contributed by atoms with van der Waals surface area (Å²) in [5.41, 5.74) is -0.120. The summed E-state index contributed by atoms with van der Waals surface area (Å²) < 4.78 is 39.6.